The van der Waals surface area contributed by atoms with Gasteiger partial charge in [0, 0.05) is 23.8 Å². The van der Waals surface area contributed by atoms with Crippen LogP contribution < -0.4 is 4.74 Å². The molecular formula is C26H25NO2S. The number of thiazole rings is 1. The normalized spacial score (nSPS) is 16.3. The van der Waals surface area contributed by atoms with E-state index in [4.69, 9.17) is 4.74 Å². The number of Topliss-reactive ketones (excluding diaryl/α,β-unsaturated/α-hetero) is 1. The number of allylic oxidation sites excluding steroid dienone is 1. The van der Waals surface area contributed by atoms with E-state index in [9.17, 15) is 4.79 Å². The first kappa shape index (κ1) is 19.3. The zero-order valence-electron chi connectivity index (χ0n) is 17.0. The van der Waals surface area contributed by atoms with Crippen LogP contribution in [0.3, 0.4) is 0 Å². The fourth-order valence-corrected chi connectivity index (χ4v) is 5.37. The summed E-state index contributed by atoms with van der Waals surface area (Å²) < 4.78 is 5.59. The van der Waals surface area contributed by atoms with Gasteiger partial charge in [-0.3, -0.25) is 4.79 Å². The van der Waals surface area contributed by atoms with Crippen molar-refractivity contribution >= 4 is 17.1 Å². The highest BCUT2D eigenvalue weighted by molar-refractivity contribution is 7.13. The summed E-state index contributed by atoms with van der Waals surface area (Å²) in [4.78, 5) is 17.7. The Hall–Kier alpha value is -2.72. The van der Waals surface area contributed by atoms with Crippen molar-refractivity contribution < 1.29 is 9.53 Å². The average Bonchev–Trinajstić information content (AvgIpc) is 3.44. The molecule has 4 heteroatoms. The highest BCUT2D eigenvalue weighted by atomic mass is 32.1. The van der Waals surface area contributed by atoms with Crippen molar-refractivity contribution in [3.8, 4) is 16.3 Å². The van der Waals surface area contributed by atoms with Crippen molar-refractivity contribution in [3.05, 3.63) is 82.4 Å². The lowest BCUT2D eigenvalue weighted by atomic mass is 9.80. The summed E-state index contributed by atoms with van der Waals surface area (Å²) in [6.07, 6.45) is 5.79. The monoisotopic (exact) mass is 415 g/mol. The third-order valence-corrected chi connectivity index (χ3v) is 7.16. The first-order chi connectivity index (χ1) is 14.7. The molecule has 3 nitrogen and oxygen atoms in total. The van der Waals surface area contributed by atoms with Crippen LogP contribution in [-0.2, 0) is 12.8 Å². The van der Waals surface area contributed by atoms with Crippen molar-refractivity contribution in [2.24, 2.45) is 0 Å². The quantitative estimate of drug-likeness (QED) is 0.358. The van der Waals surface area contributed by atoms with Gasteiger partial charge >= 0.3 is 0 Å². The van der Waals surface area contributed by atoms with E-state index in [1.165, 1.54) is 28.0 Å². The van der Waals surface area contributed by atoms with Crippen molar-refractivity contribution in [1.29, 1.82) is 0 Å². The summed E-state index contributed by atoms with van der Waals surface area (Å²) in [5, 5.41) is 2.79. The number of carbonyl (C=O) groups excluding carboxylic acids is 1. The molecule has 30 heavy (non-hydrogen) atoms. The van der Waals surface area contributed by atoms with Crippen LogP contribution in [0.2, 0.25) is 0 Å². The van der Waals surface area contributed by atoms with Crippen LogP contribution in [-0.4, -0.2) is 17.4 Å². The Labute approximate surface area is 181 Å². The molecule has 0 bridgehead atoms. The van der Waals surface area contributed by atoms with Crippen LogP contribution >= 0.6 is 11.3 Å². The van der Waals surface area contributed by atoms with Crippen molar-refractivity contribution in [2.45, 2.75) is 44.4 Å². The van der Waals surface area contributed by atoms with Gasteiger partial charge in [-0.25, -0.2) is 4.98 Å². The summed E-state index contributed by atoms with van der Waals surface area (Å²) in [6, 6.07) is 14.6. The summed E-state index contributed by atoms with van der Waals surface area (Å²) in [5.41, 5.74) is 6.67. The lowest BCUT2D eigenvalue weighted by Crippen LogP contribution is -2.11. The Balaban J connectivity index is 1.34. The molecular weight excluding hydrogens is 390 g/mol. The number of fused-ring (bicyclic) bond motifs is 1. The van der Waals surface area contributed by atoms with Gasteiger partial charge < -0.3 is 4.74 Å². The zero-order valence-corrected chi connectivity index (χ0v) is 17.8. The fraction of sp³-hybridized carbons (Fsp3) is 0.308. The number of hydrogen-bond donors (Lipinski definition) is 0. The van der Waals surface area contributed by atoms with Crippen LogP contribution in [0.25, 0.3) is 10.6 Å². The van der Waals surface area contributed by atoms with Crippen LogP contribution in [0.4, 0.5) is 0 Å². The van der Waals surface area contributed by atoms with E-state index in [0.29, 0.717) is 18.0 Å². The Kier molecular flexibility index (Phi) is 5.26. The molecule has 2 aromatic carbocycles. The maximum atomic E-state index is 13.0. The highest BCUT2D eigenvalue weighted by Gasteiger charge is 2.22. The minimum absolute atomic E-state index is 0.0923. The largest absolute Gasteiger partial charge is 0.493 e. The number of ether oxygens (including phenoxy) is 1. The summed E-state index contributed by atoms with van der Waals surface area (Å²) in [5.74, 6) is 1.59. The second-order valence-corrected chi connectivity index (χ2v) is 9.14. The maximum Gasteiger partial charge on any atom is 0.186 e. The Bertz CT molecular complexity index is 1100. The lowest BCUT2D eigenvalue weighted by molar-refractivity contribution is 0.0988. The van der Waals surface area contributed by atoms with Gasteiger partial charge in [0.1, 0.15) is 16.5 Å². The molecule has 5 rings (SSSR count). The van der Waals surface area contributed by atoms with E-state index in [-0.39, 0.29) is 5.78 Å². The van der Waals surface area contributed by atoms with E-state index in [0.717, 1.165) is 60.6 Å². The topological polar surface area (TPSA) is 39.2 Å². The molecule has 3 aromatic rings. The molecule has 0 radical (unpaired) electrons. The van der Waals surface area contributed by atoms with Crippen molar-refractivity contribution in [1.82, 2.24) is 4.98 Å². The van der Waals surface area contributed by atoms with Gasteiger partial charge in [0.25, 0.3) is 0 Å². The first-order valence-corrected chi connectivity index (χ1v) is 11.5. The maximum absolute atomic E-state index is 13.0. The lowest BCUT2D eigenvalue weighted by Gasteiger charge is -2.25. The summed E-state index contributed by atoms with van der Waals surface area (Å²) in [7, 11) is 0. The second kappa shape index (κ2) is 8.19. The number of rotatable bonds is 5. The molecule has 152 valence electrons. The zero-order chi connectivity index (χ0) is 20.5. The molecule has 0 unspecified atom stereocenters. The second-order valence-electron chi connectivity index (χ2n) is 8.28. The Morgan fingerprint density at radius 2 is 1.97 bits per heavy atom. The van der Waals surface area contributed by atoms with E-state index < -0.39 is 0 Å². The minimum Gasteiger partial charge on any atom is -0.493 e. The molecule has 1 aromatic heterocycles. The van der Waals surface area contributed by atoms with Gasteiger partial charge in [-0.2, -0.15) is 0 Å². The molecule has 0 saturated heterocycles. The molecule has 1 aliphatic heterocycles. The molecule has 0 amide bonds. The smallest absolute Gasteiger partial charge is 0.186 e. The van der Waals surface area contributed by atoms with Gasteiger partial charge in [-0.15, -0.1) is 11.3 Å². The van der Waals surface area contributed by atoms with Crippen LogP contribution in [0, 0.1) is 0 Å². The molecule has 1 fully saturated rings. The summed E-state index contributed by atoms with van der Waals surface area (Å²) >= 11 is 1.54. The number of benzene rings is 2. The Morgan fingerprint density at radius 3 is 2.83 bits per heavy atom. The van der Waals surface area contributed by atoms with Gasteiger partial charge in [-0.05, 0) is 66.5 Å². The number of aromatic nitrogens is 1. The number of hydrogen-bond acceptors (Lipinski definition) is 4. The van der Waals surface area contributed by atoms with Gasteiger partial charge in [0.05, 0.1) is 6.61 Å². The number of ketones is 1. The average molecular weight is 416 g/mol. The molecule has 2 heterocycles. The third kappa shape index (κ3) is 3.84. The van der Waals surface area contributed by atoms with E-state index in [1.54, 1.807) is 0 Å². The van der Waals surface area contributed by atoms with Gasteiger partial charge in [0.15, 0.2) is 5.78 Å². The van der Waals surface area contributed by atoms with Crippen LogP contribution in [0.1, 0.15) is 58.8 Å². The molecule has 0 N–H and O–H groups in total. The van der Waals surface area contributed by atoms with Gasteiger partial charge in [0.2, 0.25) is 0 Å². The SMILES string of the molecule is C=C1CCC(c2ccccc2CC(=O)c2csc(-c3ccc4c(c3)CCO4)n2)CC1. The number of carbonyl (C=O) groups is 1. The highest BCUT2D eigenvalue weighted by Crippen LogP contribution is 2.37. The number of nitrogens with zero attached hydrogens (tertiary/aromatic N) is 1. The van der Waals surface area contributed by atoms with E-state index in [1.807, 2.05) is 23.6 Å². The van der Waals surface area contributed by atoms with Crippen LogP contribution in [0.5, 0.6) is 5.75 Å². The summed E-state index contributed by atoms with van der Waals surface area (Å²) in [6.45, 7) is 4.88. The molecule has 2 aliphatic rings. The van der Waals surface area contributed by atoms with E-state index >= 15 is 0 Å². The first-order valence-electron chi connectivity index (χ1n) is 10.7. The van der Waals surface area contributed by atoms with E-state index in [2.05, 4.69) is 35.8 Å². The predicted molar refractivity (Wildman–Crippen MR) is 122 cm³/mol. The van der Waals surface area contributed by atoms with Crippen molar-refractivity contribution in [3.63, 3.8) is 0 Å². The molecule has 0 atom stereocenters. The molecule has 0 spiro atoms. The Morgan fingerprint density at radius 1 is 1.13 bits per heavy atom. The van der Waals surface area contributed by atoms with Crippen molar-refractivity contribution in [2.75, 3.05) is 6.61 Å². The third-order valence-electron chi connectivity index (χ3n) is 6.26. The predicted octanol–water partition coefficient (Wildman–Crippen LogP) is 6.38. The molecule has 1 saturated carbocycles. The van der Waals surface area contributed by atoms with Gasteiger partial charge in [-0.1, -0.05) is 36.4 Å². The van der Waals surface area contributed by atoms with Crippen LogP contribution in [0.15, 0.2) is 60.0 Å². The molecule has 1 aliphatic carbocycles. The minimum atomic E-state index is 0.0923. The standard InChI is InChI=1S/C26H25NO2S/c1-17-6-8-18(9-7-17)22-5-3-2-4-19(22)15-24(28)23-16-30-26(27-23)21-10-11-25-20(14-21)12-13-29-25/h2-5,10-11,14,16,18H,1,6-9,12-13,15H2. The fourth-order valence-electron chi connectivity index (χ4n) is 4.55.